The van der Waals surface area contributed by atoms with Crippen LogP contribution in [-0.4, -0.2) is 30.5 Å². The third-order valence-corrected chi connectivity index (χ3v) is 2.59. The van der Waals surface area contributed by atoms with Crippen molar-refractivity contribution in [1.82, 2.24) is 10.4 Å². The molecule has 17 heavy (non-hydrogen) atoms. The molecule has 92 valence electrons. The second-order valence-electron chi connectivity index (χ2n) is 3.79. The lowest BCUT2D eigenvalue weighted by Gasteiger charge is -2.10. The number of rotatable bonds is 5. The molecular weight excluding hydrogens is 282 g/mol. The van der Waals surface area contributed by atoms with E-state index in [0.717, 1.165) is 15.6 Å². The fraction of sp³-hybridized carbons (Fsp3) is 0.250. The van der Waals surface area contributed by atoms with Gasteiger partial charge in [-0.25, -0.2) is 10.5 Å². The van der Waals surface area contributed by atoms with Gasteiger partial charge in [-0.15, -0.1) is 0 Å². The third kappa shape index (κ3) is 4.30. The first-order valence-corrected chi connectivity index (χ1v) is 5.89. The zero-order valence-electron chi connectivity index (χ0n) is 9.94. The van der Waals surface area contributed by atoms with Gasteiger partial charge in [-0.05, 0) is 17.7 Å². The first kappa shape index (κ1) is 13.9. The molecule has 1 rings (SSSR count). The zero-order valence-corrected chi connectivity index (χ0v) is 11.5. The van der Waals surface area contributed by atoms with Gasteiger partial charge < -0.3 is 10.1 Å². The smallest absolute Gasteiger partial charge is 0.0907 e. The van der Waals surface area contributed by atoms with Crippen LogP contribution in [0.2, 0.25) is 0 Å². The van der Waals surface area contributed by atoms with Crippen LogP contribution in [0, 0.1) is 0 Å². The summed E-state index contributed by atoms with van der Waals surface area (Å²) < 4.78 is 0.955. The summed E-state index contributed by atoms with van der Waals surface area (Å²) >= 11 is 3.39. The van der Waals surface area contributed by atoms with Crippen LogP contribution >= 0.6 is 15.9 Å². The van der Waals surface area contributed by atoms with E-state index in [1.165, 1.54) is 0 Å². The molecule has 0 saturated heterocycles. The highest BCUT2D eigenvalue weighted by Crippen LogP contribution is 2.22. The third-order valence-electron chi connectivity index (χ3n) is 2.09. The van der Waals surface area contributed by atoms with E-state index in [2.05, 4.69) is 33.0 Å². The lowest BCUT2D eigenvalue weighted by atomic mass is 10.1. The van der Waals surface area contributed by atoms with Crippen molar-refractivity contribution < 1.29 is 5.21 Å². The van der Waals surface area contributed by atoms with E-state index in [-0.39, 0.29) is 0 Å². The number of hydroxylamine groups is 1. The van der Waals surface area contributed by atoms with Crippen LogP contribution in [0.15, 0.2) is 34.2 Å². The summed E-state index contributed by atoms with van der Waals surface area (Å²) in [6.07, 6.45) is 1.69. The number of hydrogen-bond acceptors (Lipinski definition) is 3. The van der Waals surface area contributed by atoms with Gasteiger partial charge in [-0.3, -0.25) is 0 Å². The minimum absolute atomic E-state index is 0.352. The lowest BCUT2D eigenvalue weighted by Crippen LogP contribution is -2.09. The van der Waals surface area contributed by atoms with E-state index < -0.39 is 0 Å². The minimum Gasteiger partial charge on any atom is -0.369 e. The van der Waals surface area contributed by atoms with E-state index >= 15 is 0 Å². The van der Waals surface area contributed by atoms with Crippen LogP contribution in [0.4, 0.5) is 0 Å². The molecule has 0 aliphatic heterocycles. The number of halogens is 1. The largest absolute Gasteiger partial charge is 0.369 e. The van der Waals surface area contributed by atoms with Crippen LogP contribution in [0.5, 0.6) is 0 Å². The molecule has 1 aromatic rings. The number of nitrogens with zero attached hydrogens (tertiary/aromatic N) is 2. The summed E-state index contributed by atoms with van der Waals surface area (Å²) in [4.78, 5) is 6.09. The first-order chi connectivity index (χ1) is 8.04. The van der Waals surface area contributed by atoms with Crippen LogP contribution in [0.25, 0.3) is 5.70 Å². The second-order valence-corrected chi connectivity index (χ2v) is 4.71. The van der Waals surface area contributed by atoms with Gasteiger partial charge in [-0.2, -0.15) is 0 Å². The molecular formula is C12H16BrN3O. The summed E-state index contributed by atoms with van der Waals surface area (Å²) in [5.74, 6) is 0. The van der Waals surface area contributed by atoms with E-state index in [1.54, 1.807) is 6.34 Å². The number of nitrogens with one attached hydrogen (secondary N) is 1. The maximum atomic E-state index is 8.79. The van der Waals surface area contributed by atoms with Crippen molar-refractivity contribution in [2.24, 2.45) is 4.99 Å². The van der Waals surface area contributed by atoms with Crippen LogP contribution in [-0.2, 0) is 6.54 Å². The fourth-order valence-corrected chi connectivity index (χ4v) is 1.74. The zero-order chi connectivity index (χ0) is 12.8. The highest BCUT2D eigenvalue weighted by Gasteiger charge is 2.05. The molecule has 0 aromatic heterocycles. The van der Waals surface area contributed by atoms with Gasteiger partial charge in [-0.1, -0.05) is 28.6 Å². The summed E-state index contributed by atoms with van der Waals surface area (Å²) in [5, 5.41) is 8.79. The Morgan fingerprint density at radius 3 is 2.88 bits per heavy atom. The Kier molecular flexibility index (Phi) is 5.34. The van der Waals surface area contributed by atoms with Gasteiger partial charge in [0.15, 0.2) is 0 Å². The monoisotopic (exact) mass is 297 g/mol. The van der Waals surface area contributed by atoms with Crippen molar-refractivity contribution in [3.63, 3.8) is 0 Å². The molecule has 0 radical (unpaired) electrons. The van der Waals surface area contributed by atoms with E-state index in [0.29, 0.717) is 12.2 Å². The Bertz CT molecular complexity index is 430. The number of aliphatic imine (C=N–C) groups is 1. The second kappa shape index (κ2) is 6.54. The molecule has 0 atom stereocenters. The average Bonchev–Trinajstić information content (AvgIpc) is 2.26. The number of hydrogen-bond donors (Lipinski definition) is 2. The van der Waals surface area contributed by atoms with Gasteiger partial charge in [0.05, 0.1) is 12.0 Å². The minimum atomic E-state index is 0.352. The summed E-state index contributed by atoms with van der Waals surface area (Å²) in [5.41, 5.74) is 4.65. The molecule has 0 heterocycles. The maximum Gasteiger partial charge on any atom is 0.0907 e. The normalized spacial score (nSPS) is 10.8. The fourth-order valence-electron chi connectivity index (χ4n) is 1.33. The molecule has 0 unspecified atom stereocenters. The lowest BCUT2D eigenvalue weighted by molar-refractivity contribution is 0.161. The molecule has 0 saturated carbocycles. The van der Waals surface area contributed by atoms with Gasteiger partial charge in [0.2, 0.25) is 0 Å². The molecule has 2 N–H and O–H groups in total. The van der Waals surface area contributed by atoms with Crippen molar-refractivity contribution in [3.05, 3.63) is 40.4 Å². The standard InChI is InChI=1S/C12H16BrN3O/c1-9(14-8-16(2)3)12-5-4-11(13)6-10(12)7-15-17/h4-6,8,15,17H,1,7H2,2-3H3. The van der Waals surface area contributed by atoms with Crippen molar-refractivity contribution in [2.75, 3.05) is 14.1 Å². The van der Waals surface area contributed by atoms with Gasteiger partial charge in [0, 0.05) is 30.7 Å². The highest BCUT2D eigenvalue weighted by atomic mass is 79.9. The predicted octanol–water partition coefficient (Wildman–Crippen LogP) is 2.49. The van der Waals surface area contributed by atoms with Crippen molar-refractivity contribution in [3.8, 4) is 0 Å². The Morgan fingerprint density at radius 1 is 1.59 bits per heavy atom. The Morgan fingerprint density at radius 2 is 2.29 bits per heavy atom. The van der Waals surface area contributed by atoms with Gasteiger partial charge >= 0.3 is 0 Å². The molecule has 1 aromatic carbocycles. The molecule has 0 fully saturated rings. The molecule has 0 spiro atoms. The molecule has 0 aliphatic rings. The molecule has 0 aliphatic carbocycles. The van der Waals surface area contributed by atoms with Crippen molar-refractivity contribution in [2.45, 2.75) is 6.54 Å². The van der Waals surface area contributed by atoms with Gasteiger partial charge in [0.25, 0.3) is 0 Å². The summed E-state index contributed by atoms with van der Waals surface area (Å²) in [6, 6.07) is 5.77. The van der Waals surface area contributed by atoms with Crippen molar-refractivity contribution in [1.29, 1.82) is 0 Å². The molecule has 5 heteroatoms. The van der Waals surface area contributed by atoms with E-state index in [1.807, 2.05) is 37.2 Å². The average molecular weight is 298 g/mol. The van der Waals surface area contributed by atoms with Gasteiger partial charge in [0.1, 0.15) is 0 Å². The summed E-state index contributed by atoms with van der Waals surface area (Å²) in [6.45, 7) is 4.27. The molecule has 4 nitrogen and oxygen atoms in total. The highest BCUT2D eigenvalue weighted by molar-refractivity contribution is 9.10. The van der Waals surface area contributed by atoms with E-state index in [9.17, 15) is 0 Å². The van der Waals surface area contributed by atoms with Crippen LogP contribution in [0.3, 0.4) is 0 Å². The number of benzene rings is 1. The maximum absolute atomic E-state index is 8.79. The van der Waals surface area contributed by atoms with E-state index in [4.69, 9.17) is 5.21 Å². The topological polar surface area (TPSA) is 47.9 Å². The quantitative estimate of drug-likeness (QED) is 0.499. The van der Waals surface area contributed by atoms with Crippen molar-refractivity contribution >= 4 is 28.0 Å². The van der Waals surface area contributed by atoms with Crippen LogP contribution < -0.4 is 5.48 Å². The SMILES string of the molecule is C=C(N=CN(C)C)c1ccc(Br)cc1CNO. The Hall–Kier alpha value is -1.17. The Balaban J connectivity index is 2.99. The first-order valence-electron chi connectivity index (χ1n) is 5.10. The molecule has 0 amide bonds. The Labute approximate surface area is 110 Å². The molecule has 0 bridgehead atoms. The predicted molar refractivity (Wildman–Crippen MR) is 74.0 cm³/mol. The van der Waals surface area contributed by atoms with Crippen LogP contribution in [0.1, 0.15) is 11.1 Å². The summed E-state index contributed by atoms with van der Waals surface area (Å²) in [7, 11) is 3.79.